The van der Waals surface area contributed by atoms with Gasteiger partial charge in [-0.25, -0.2) is 0 Å². The average Bonchev–Trinajstić information content (AvgIpc) is 2.59. The number of fused-ring (bicyclic) bond motifs is 1. The molecule has 0 spiro atoms. The first-order valence-corrected chi connectivity index (χ1v) is 8.45. The van der Waals surface area contributed by atoms with E-state index >= 15 is 0 Å². The quantitative estimate of drug-likeness (QED) is 0.572. The molecule has 0 bridgehead atoms. The van der Waals surface area contributed by atoms with E-state index in [1.807, 2.05) is 24.4 Å². The third-order valence-corrected chi connectivity index (χ3v) is 4.54. The number of rotatable bonds is 6. The Morgan fingerprint density at radius 3 is 2.74 bits per heavy atom. The average molecular weight is 325 g/mol. The number of benzene rings is 2. The summed E-state index contributed by atoms with van der Waals surface area (Å²) in [6.45, 7) is 3.17. The zero-order valence-corrected chi connectivity index (χ0v) is 14.1. The molecule has 0 radical (unpaired) electrons. The van der Waals surface area contributed by atoms with Gasteiger partial charge < -0.3 is 5.32 Å². The molecule has 0 fully saturated rings. The number of hydrogen-bond acceptors (Lipinski definition) is 2. The van der Waals surface area contributed by atoms with Crippen LogP contribution in [0.25, 0.3) is 10.9 Å². The number of nitrogens with zero attached hydrogens (tertiary/aromatic N) is 1. The third-order valence-electron chi connectivity index (χ3n) is 4.20. The molecule has 118 valence electrons. The van der Waals surface area contributed by atoms with Crippen molar-refractivity contribution in [3.05, 3.63) is 71.4 Å². The van der Waals surface area contributed by atoms with Crippen LogP contribution >= 0.6 is 11.6 Å². The van der Waals surface area contributed by atoms with Gasteiger partial charge in [-0.15, -0.1) is 0 Å². The van der Waals surface area contributed by atoms with E-state index in [9.17, 15) is 0 Å². The maximum Gasteiger partial charge on any atom is 0.0933 e. The summed E-state index contributed by atoms with van der Waals surface area (Å²) in [4.78, 5) is 4.47. The normalized spacial score (nSPS) is 12.3. The topological polar surface area (TPSA) is 24.9 Å². The molecule has 1 N–H and O–H groups in total. The molecule has 1 atom stereocenters. The van der Waals surface area contributed by atoms with Gasteiger partial charge >= 0.3 is 0 Å². The van der Waals surface area contributed by atoms with Gasteiger partial charge in [-0.3, -0.25) is 4.98 Å². The van der Waals surface area contributed by atoms with Crippen LogP contribution in [0.4, 0.5) is 5.69 Å². The van der Waals surface area contributed by atoms with E-state index in [1.54, 1.807) is 0 Å². The van der Waals surface area contributed by atoms with Gasteiger partial charge in [-0.05, 0) is 42.5 Å². The Kier molecular flexibility index (Phi) is 5.14. The largest absolute Gasteiger partial charge is 0.383 e. The highest BCUT2D eigenvalue weighted by atomic mass is 35.5. The van der Waals surface area contributed by atoms with Crippen LogP contribution < -0.4 is 5.32 Å². The third kappa shape index (κ3) is 3.83. The lowest BCUT2D eigenvalue weighted by molar-refractivity contribution is 0.650. The van der Waals surface area contributed by atoms with Crippen molar-refractivity contribution in [3.63, 3.8) is 0 Å². The van der Waals surface area contributed by atoms with E-state index in [2.05, 4.69) is 53.6 Å². The predicted molar refractivity (Wildman–Crippen MR) is 99.3 cm³/mol. The number of para-hydroxylation sites is 1. The van der Waals surface area contributed by atoms with Crippen LogP contribution in [0.2, 0.25) is 5.02 Å². The molecule has 3 aromatic rings. The van der Waals surface area contributed by atoms with Crippen molar-refractivity contribution < 1.29 is 0 Å². The summed E-state index contributed by atoms with van der Waals surface area (Å²) in [7, 11) is 0. The first-order chi connectivity index (χ1) is 11.3. The lowest BCUT2D eigenvalue weighted by Crippen LogP contribution is -2.04. The van der Waals surface area contributed by atoms with E-state index in [0.717, 1.165) is 35.6 Å². The molecule has 2 aromatic carbocycles. The van der Waals surface area contributed by atoms with Gasteiger partial charge in [0.15, 0.2) is 0 Å². The molecular weight excluding hydrogens is 304 g/mol. The van der Waals surface area contributed by atoms with Crippen molar-refractivity contribution in [3.8, 4) is 0 Å². The second-order valence-electron chi connectivity index (χ2n) is 5.87. The highest BCUT2D eigenvalue weighted by Gasteiger charge is 2.08. The number of anilines is 1. The molecule has 3 rings (SSSR count). The molecule has 1 aromatic heterocycles. The Morgan fingerprint density at radius 2 is 1.87 bits per heavy atom. The van der Waals surface area contributed by atoms with Gasteiger partial charge in [-0.2, -0.15) is 0 Å². The van der Waals surface area contributed by atoms with Crippen LogP contribution in [0.1, 0.15) is 31.2 Å². The van der Waals surface area contributed by atoms with Crippen LogP contribution in [0.5, 0.6) is 0 Å². The Bertz CT molecular complexity index is 780. The fourth-order valence-electron chi connectivity index (χ4n) is 2.91. The number of halogens is 1. The summed E-state index contributed by atoms with van der Waals surface area (Å²) < 4.78 is 0. The zero-order chi connectivity index (χ0) is 16.1. The minimum absolute atomic E-state index is 0.469. The maximum atomic E-state index is 6.27. The molecule has 0 aliphatic carbocycles. The molecule has 23 heavy (non-hydrogen) atoms. The lowest BCUT2D eigenvalue weighted by atomic mass is 9.96. The van der Waals surface area contributed by atoms with Crippen LogP contribution in [0, 0.1) is 0 Å². The molecule has 0 aliphatic heterocycles. The van der Waals surface area contributed by atoms with Gasteiger partial charge in [0.1, 0.15) is 0 Å². The second kappa shape index (κ2) is 7.47. The maximum absolute atomic E-state index is 6.27. The molecular formula is C20H21ClN2. The Labute approximate surface area is 142 Å². The van der Waals surface area contributed by atoms with Crippen LogP contribution in [-0.2, 0) is 0 Å². The van der Waals surface area contributed by atoms with Crippen LogP contribution in [-0.4, -0.2) is 11.5 Å². The first-order valence-electron chi connectivity index (χ1n) is 8.08. The van der Waals surface area contributed by atoms with E-state index in [4.69, 9.17) is 11.6 Å². The summed E-state index contributed by atoms with van der Waals surface area (Å²) in [6, 6.07) is 18.4. The predicted octanol–water partition coefficient (Wildman–Crippen LogP) is 5.88. The van der Waals surface area contributed by atoms with Gasteiger partial charge in [0, 0.05) is 23.2 Å². The highest BCUT2D eigenvalue weighted by molar-refractivity contribution is 6.31. The van der Waals surface area contributed by atoms with Crippen molar-refractivity contribution in [1.82, 2.24) is 4.98 Å². The van der Waals surface area contributed by atoms with Crippen molar-refractivity contribution in [2.24, 2.45) is 0 Å². The minimum atomic E-state index is 0.469. The molecule has 0 saturated carbocycles. The van der Waals surface area contributed by atoms with E-state index in [1.165, 1.54) is 10.9 Å². The zero-order valence-electron chi connectivity index (χ0n) is 13.3. The van der Waals surface area contributed by atoms with Crippen molar-refractivity contribution in [1.29, 1.82) is 0 Å². The van der Waals surface area contributed by atoms with Crippen LogP contribution in [0.3, 0.4) is 0 Å². The molecule has 0 amide bonds. The summed E-state index contributed by atoms with van der Waals surface area (Å²) >= 11 is 6.27. The minimum Gasteiger partial charge on any atom is -0.383 e. The second-order valence-corrected chi connectivity index (χ2v) is 6.28. The number of hydrogen-bond donors (Lipinski definition) is 1. The van der Waals surface area contributed by atoms with Gasteiger partial charge in [0.2, 0.25) is 0 Å². The number of aromatic nitrogens is 1. The molecule has 0 saturated heterocycles. The Balaban J connectivity index is 1.56. The standard InChI is InChI=1S/C20H21ClN2/c1-15(17-10-2-3-11-18(17)21)7-5-13-22-19-12-4-8-16-9-6-14-23-20(16)19/h2-4,6,8-12,14-15,22H,5,7,13H2,1H3. The SMILES string of the molecule is CC(CCCNc1cccc2cccnc12)c1ccccc1Cl. The summed E-state index contributed by atoms with van der Waals surface area (Å²) in [5.74, 6) is 0.469. The van der Waals surface area contributed by atoms with E-state index in [-0.39, 0.29) is 0 Å². The lowest BCUT2D eigenvalue weighted by Gasteiger charge is -2.14. The Hall–Kier alpha value is -2.06. The molecule has 2 nitrogen and oxygen atoms in total. The van der Waals surface area contributed by atoms with Crippen molar-refractivity contribution in [2.45, 2.75) is 25.7 Å². The van der Waals surface area contributed by atoms with Crippen molar-refractivity contribution >= 4 is 28.2 Å². The first kappa shape index (κ1) is 15.8. The summed E-state index contributed by atoms with van der Waals surface area (Å²) in [5, 5.41) is 5.55. The number of pyridine rings is 1. The summed E-state index contributed by atoms with van der Waals surface area (Å²) in [5.41, 5.74) is 3.38. The summed E-state index contributed by atoms with van der Waals surface area (Å²) in [6.07, 6.45) is 4.04. The van der Waals surface area contributed by atoms with Gasteiger partial charge in [0.05, 0.1) is 11.2 Å². The molecule has 3 heteroatoms. The molecule has 1 unspecified atom stereocenters. The van der Waals surface area contributed by atoms with Gasteiger partial charge in [0.25, 0.3) is 0 Å². The van der Waals surface area contributed by atoms with E-state index in [0.29, 0.717) is 5.92 Å². The molecule has 0 aliphatic rings. The monoisotopic (exact) mass is 324 g/mol. The molecule has 1 heterocycles. The van der Waals surface area contributed by atoms with Crippen molar-refractivity contribution in [2.75, 3.05) is 11.9 Å². The smallest absolute Gasteiger partial charge is 0.0933 e. The van der Waals surface area contributed by atoms with E-state index < -0.39 is 0 Å². The van der Waals surface area contributed by atoms with Gasteiger partial charge in [-0.1, -0.05) is 54.9 Å². The number of nitrogens with one attached hydrogen (secondary N) is 1. The highest BCUT2D eigenvalue weighted by Crippen LogP contribution is 2.27. The van der Waals surface area contributed by atoms with Crippen LogP contribution in [0.15, 0.2) is 60.8 Å². The fraction of sp³-hybridized carbons (Fsp3) is 0.250. The Morgan fingerprint density at radius 1 is 1.04 bits per heavy atom. The fourth-order valence-corrected chi connectivity index (χ4v) is 3.23.